The molecule has 3 rings (SSSR count). The molecule has 2 aromatic rings. The van der Waals surface area contributed by atoms with Crippen molar-refractivity contribution in [2.75, 3.05) is 6.61 Å². The van der Waals surface area contributed by atoms with Crippen LogP contribution in [0.3, 0.4) is 0 Å². The molecule has 0 saturated heterocycles. The van der Waals surface area contributed by atoms with E-state index in [0.29, 0.717) is 36.5 Å². The molecule has 29 heavy (non-hydrogen) atoms. The Hall–Kier alpha value is -3.09. The molecule has 1 atom stereocenters. The number of benzene rings is 2. The number of hydrazine groups is 1. The Bertz CT molecular complexity index is 865. The van der Waals surface area contributed by atoms with Gasteiger partial charge in [0.2, 0.25) is 5.91 Å². The number of hydrogen-bond donors (Lipinski definition) is 2. The molecule has 0 bridgehead atoms. The standard InChI is InChI=1S/C22H25FN2O4/c1-3-28-18-8-10-19(11-9-18)29-15(2)20(26)24-25-21(27)22(12-5-13-22)16-6-4-7-17(23)14-16/h4,6-11,14-15H,3,5,12-13H2,1-2H3,(H,24,26)(H,25,27). The van der Waals surface area contributed by atoms with Crippen molar-refractivity contribution in [3.05, 3.63) is 59.9 Å². The Balaban J connectivity index is 1.55. The van der Waals surface area contributed by atoms with Crippen LogP contribution in [0.25, 0.3) is 0 Å². The van der Waals surface area contributed by atoms with Crippen molar-refractivity contribution in [1.82, 2.24) is 10.9 Å². The van der Waals surface area contributed by atoms with Gasteiger partial charge in [0.1, 0.15) is 17.3 Å². The Morgan fingerprint density at radius 1 is 1.10 bits per heavy atom. The molecule has 1 fully saturated rings. The number of amides is 2. The van der Waals surface area contributed by atoms with E-state index in [9.17, 15) is 14.0 Å². The number of rotatable bonds is 7. The molecule has 2 aromatic carbocycles. The van der Waals surface area contributed by atoms with Gasteiger partial charge in [-0.05, 0) is 68.7 Å². The number of carbonyl (C=O) groups excluding carboxylic acids is 2. The lowest BCUT2D eigenvalue weighted by Crippen LogP contribution is -2.56. The van der Waals surface area contributed by atoms with Crippen LogP contribution in [0.2, 0.25) is 0 Å². The molecule has 0 aromatic heterocycles. The summed E-state index contributed by atoms with van der Waals surface area (Å²) in [5.41, 5.74) is 4.69. The summed E-state index contributed by atoms with van der Waals surface area (Å²) in [6.07, 6.45) is 1.27. The third-order valence-corrected chi connectivity index (χ3v) is 5.14. The second kappa shape index (κ2) is 8.94. The van der Waals surface area contributed by atoms with Crippen LogP contribution >= 0.6 is 0 Å². The largest absolute Gasteiger partial charge is 0.494 e. The number of ether oxygens (including phenoxy) is 2. The molecular formula is C22H25FN2O4. The maximum Gasteiger partial charge on any atom is 0.279 e. The zero-order valence-electron chi connectivity index (χ0n) is 16.5. The number of carbonyl (C=O) groups is 2. The smallest absolute Gasteiger partial charge is 0.279 e. The van der Waals surface area contributed by atoms with Gasteiger partial charge in [0.05, 0.1) is 12.0 Å². The minimum absolute atomic E-state index is 0.351. The SMILES string of the molecule is CCOc1ccc(OC(C)C(=O)NNC(=O)C2(c3cccc(F)c3)CCC2)cc1. The molecule has 0 radical (unpaired) electrons. The highest BCUT2D eigenvalue weighted by Gasteiger charge is 2.46. The number of halogens is 1. The quantitative estimate of drug-likeness (QED) is 0.700. The van der Waals surface area contributed by atoms with Crippen molar-refractivity contribution in [2.24, 2.45) is 0 Å². The van der Waals surface area contributed by atoms with Crippen LogP contribution in [0.4, 0.5) is 4.39 Å². The highest BCUT2D eigenvalue weighted by molar-refractivity contribution is 5.91. The summed E-state index contributed by atoms with van der Waals surface area (Å²) in [6, 6.07) is 13.0. The van der Waals surface area contributed by atoms with Crippen LogP contribution in [-0.4, -0.2) is 24.5 Å². The molecule has 0 aliphatic heterocycles. The van der Waals surface area contributed by atoms with Crippen molar-refractivity contribution in [1.29, 1.82) is 0 Å². The zero-order valence-corrected chi connectivity index (χ0v) is 16.5. The van der Waals surface area contributed by atoms with Crippen molar-refractivity contribution in [2.45, 2.75) is 44.6 Å². The van der Waals surface area contributed by atoms with Gasteiger partial charge in [0, 0.05) is 0 Å². The molecule has 7 heteroatoms. The van der Waals surface area contributed by atoms with Crippen LogP contribution in [0.15, 0.2) is 48.5 Å². The lowest BCUT2D eigenvalue weighted by Gasteiger charge is -2.40. The van der Waals surface area contributed by atoms with Gasteiger partial charge in [-0.1, -0.05) is 18.6 Å². The first kappa shape index (κ1) is 20.6. The molecule has 1 unspecified atom stereocenters. The summed E-state index contributed by atoms with van der Waals surface area (Å²) in [6.45, 7) is 4.05. The van der Waals surface area contributed by atoms with E-state index in [2.05, 4.69) is 10.9 Å². The molecule has 1 aliphatic carbocycles. The Morgan fingerprint density at radius 2 is 1.79 bits per heavy atom. The summed E-state index contributed by atoms with van der Waals surface area (Å²) in [4.78, 5) is 25.1. The van der Waals surface area contributed by atoms with Crippen LogP contribution in [-0.2, 0) is 15.0 Å². The van der Waals surface area contributed by atoms with Gasteiger partial charge in [-0.2, -0.15) is 0 Å². The van der Waals surface area contributed by atoms with Gasteiger partial charge >= 0.3 is 0 Å². The van der Waals surface area contributed by atoms with Crippen molar-refractivity contribution in [3.63, 3.8) is 0 Å². The Kier molecular flexibility index (Phi) is 6.36. The summed E-state index contributed by atoms with van der Waals surface area (Å²) >= 11 is 0. The fraction of sp³-hybridized carbons (Fsp3) is 0.364. The topological polar surface area (TPSA) is 76.7 Å². The van der Waals surface area contributed by atoms with Gasteiger partial charge in [-0.25, -0.2) is 4.39 Å². The van der Waals surface area contributed by atoms with E-state index in [0.717, 1.165) is 6.42 Å². The van der Waals surface area contributed by atoms with Gasteiger partial charge in [-0.15, -0.1) is 0 Å². The van der Waals surface area contributed by atoms with E-state index in [-0.39, 0.29) is 11.7 Å². The van der Waals surface area contributed by atoms with Gasteiger partial charge in [-0.3, -0.25) is 20.4 Å². The minimum Gasteiger partial charge on any atom is -0.494 e. The van der Waals surface area contributed by atoms with E-state index in [1.54, 1.807) is 43.3 Å². The van der Waals surface area contributed by atoms with E-state index >= 15 is 0 Å². The molecule has 1 aliphatic rings. The average molecular weight is 400 g/mol. The van der Waals surface area contributed by atoms with Crippen LogP contribution in [0.5, 0.6) is 11.5 Å². The van der Waals surface area contributed by atoms with Crippen LogP contribution < -0.4 is 20.3 Å². The summed E-state index contributed by atoms with van der Waals surface area (Å²) in [5, 5.41) is 0. The van der Waals surface area contributed by atoms with E-state index in [1.807, 2.05) is 6.92 Å². The first-order valence-corrected chi connectivity index (χ1v) is 9.70. The second-order valence-electron chi connectivity index (χ2n) is 7.05. The normalized spacial score (nSPS) is 15.6. The predicted octanol–water partition coefficient (Wildman–Crippen LogP) is 3.26. The lowest BCUT2D eigenvalue weighted by atomic mass is 9.64. The van der Waals surface area contributed by atoms with Crippen molar-refractivity contribution < 1.29 is 23.5 Å². The summed E-state index contributed by atoms with van der Waals surface area (Å²) in [7, 11) is 0. The molecule has 154 valence electrons. The second-order valence-corrected chi connectivity index (χ2v) is 7.05. The van der Waals surface area contributed by atoms with Crippen molar-refractivity contribution >= 4 is 11.8 Å². The average Bonchev–Trinajstić information content (AvgIpc) is 2.67. The van der Waals surface area contributed by atoms with Gasteiger partial charge in [0.15, 0.2) is 6.10 Å². The van der Waals surface area contributed by atoms with Gasteiger partial charge < -0.3 is 9.47 Å². The Labute approximate surface area is 169 Å². The first-order chi connectivity index (χ1) is 13.9. The maximum atomic E-state index is 13.6. The number of nitrogens with one attached hydrogen (secondary N) is 2. The van der Waals surface area contributed by atoms with E-state index in [4.69, 9.17) is 9.47 Å². The van der Waals surface area contributed by atoms with Gasteiger partial charge in [0.25, 0.3) is 5.91 Å². The third-order valence-electron chi connectivity index (χ3n) is 5.14. The van der Waals surface area contributed by atoms with E-state index < -0.39 is 17.4 Å². The summed E-state index contributed by atoms with van der Waals surface area (Å²) in [5.74, 6) is 0.00456. The Morgan fingerprint density at radius 3 is 2.38 bits per heavy atom. The minimum atomic E-state index is -0.820. The fourth-order valence-electron chi connectivity index (χ4n) is 3.34. The fourth-order valence-corrected chi connectivity index (χ4v) is 3.34. The highest BCUT2D eigenvalue weighted by atomic mass is 19.1. The molecular weight excluding hydrogens is 375 g/mol. The van der Waals surface area contributed by atoms with E-state index in [1.165, 1.54) is 12.1 Å². The third kappa shape index (κ3) is 4.67. The number of hydrogen-bond acceptors (Lipinski definition) is 4. The van der Waals surface area contributed by atoms with Crippen LogP contribution in [0, 0.1) is 5.82 Å². The van der Waals surface area contributed by atoms with Crippen LogP contribution in [0.1, 0.15) is 38.7 Å². The molecule has 0 heterocycles. The molecule has 2 amide bonds. The monoisotopic (exact) mass is 400 g/mol. The highest BCUT2D eigenvalue weighted by Crippen LogP contribution is 2.44. The molecule has 1 saturated carbocycles. The molecule has 0 spiro atoms. The maximum absolute atomic E-state index is 13.6. The molecule has 2 N–H and O–H groups in total. The first-order valence-electron chi connectivity index (χ1n) is 9.70. The summed E-state index contributed by atoms with van der Waals surface area (Å²) < 4.78 is 24.6. The lowest BCUT2D eigenvalue weighted by molar-refractivity contribution is -0.137. The zero-order chi connectivity index (χ0) is 20.9. The molecule has 6 nitrogen and oxygen atoms in total. The predicted molar refractivity (Wildman–Crippen MR) is 106 cm³/mol. The van der Waals surface area contributed by atoms with Crippen molar-refractivity contribution in [3.8, 4) is 11.5 Å².